The van der Waals surface area contributed by atoms with Gasteiger partial charge in [-0.05, 0) is 31.7 Å². The van der Waals surface area contributed by atoms with Gasteiger partial charge in [0.05, 0.1) is 31.5 Å². The van der Waals surface area contributed by atoms with Crippen LogP contribution in [0.15, 0.2) is 12.1 Å². The van der Waals surface area contributed by atoms with Crippen LogP contribution in [0.25, 0.3) is 0 Å². The van der Waals surface area contributed by atoms with Crippen molar-refractivity contribution in [1.29, 1.82) is 0 Å². The number of nitrogens with one attached hydrogen (secondary N) is 1. The smallest absolute Gasteiger partial charge is 0.179 e. The summed E-state index contributed by atoms with van der Waals surface area (Å²) in [7, 11) is 3.71. The molecule has 0 saturated carbocycles. The van der Waals surface area contributed by atoms with E-state index < -0.39 is 0 Å². The molecule has 1 heterocycles. The predicted molar refractivity (Wildman–Crippen MR) is 88.1 cm³/mol. The van der Waals surface area contributed by atoms with Crippen molar-refractivity contribution < 1.29 is 14.2 Å². The van der Waals surface area contributed by atoms with Crippen molar-refractivity contribution in [3.05, 3.63) is 22.7 Å². The number of rotatable bonds is 7. The van der Waals surface area contributed by atoms with Crippen LogP contribution in [0.2, 0.25) is 5.02 Å². The number of benzene rings is 1. The van der Waals surface area contributed by atoms with Crippen LogP contribution in [0.4, 0.5) is 0 Å². The van der Waals surface area contributed by atoms with Crippen LogP contribution in [-0.2, 0) is 11.3 Å². The molecular weight excluding hydrogens is 304 g/mol. The Morgan fingerprint density at radius 1 is 1.45 bits per heavy atom. The van der Waals surface area contributed by atoms with Crippen LogP contribution >= 0.6 is 11.6 Å². The number of nitrogens with zero attached hydrogens (tertiary/aromatic N) is 1. The minimum atomic E-state index is 0.235. The Morgan fingerprint density at radius 3 is 2.95 bits per heavy atom. The Kier molecular flexibility index (Phi) is 6.76. The first-order valence-corrected chi connectivity index (χ1v) is 8.02. The lowest BCUT2D eigenvalue weighted by atomic mass is 10.2. The Labute approximate surface area is 137 Å². The Balaban J connectivity index is 1.92. The molecule has 0 radical (unpaired) electrons. The molecule has 1 saturated heterocycles. The van der Waals surface area contributed by atoms with Crippen molar-refractivity contribution in [2.24, 2.45) is 0 Å². The lowest BCUT2D eigenvalue weighted by Gasteiger charge is -2.30. The molecule has 124 valence electrons. The SMILES string of the molecule is CCOc1cc(CNCC2CN(C)CCO2)cc(Cl)c1OC. The summed E-state index contributed by atoms with van der Waals surface area (Å²) < 4.78 is 16.6. The van der Waals surface area contributed by atoms with E-state index in [9.17, 15) is 0 Å². The Hall–Kier alpha value is -1.01. The highest BCUT2D eigenvalue weighted by Crippen LogP contribution is 2.36. The number of hydrogen-bond donors (Lipinski definition) is 1. The summed E-state index contributed by atoms with van der Waals surface area (Å²) in [6, 6.07) is 3.87. The Bertz CT molecular complexity index is 485. The summed E-state index contributed by atoms with van der Waals surface area (Å²) in [5.41, 5.74) is 1.07. The first-order chi connectivity index (χ1) is 10.6. The second-order valence-electron chi connectivity index (χ2n) is 5.43. The van der Waals surface area contributed by atoms with Gasteiger partial charge in [-0.15, -0.1) is 0 Å². The second kappa shape index (κ2) is 8.58. The molecule has 0 spiro atoms. The van der Waals surface area contributed by atoms with Crippen molar-refractivity contribution >= 4 is 11.6 Å². The maximum atomic E-state index is 6.25. The zero-order valence-electron chi connectivity index (χ0n) is 13.5. The standard InChI is InChI=1S/C16H25ClN2O3/c1-4-21-15-8-12(7-14(17)16(15)20-3)9-18-10-13-11-19(2)5-6-22-13/h7-8,13,18H,4-6,9-11H2,1-3H3. The zero-order valence-corrected chi connectivity index (χ0v) is 14.3. The van der Waals surface area contributed by atoms with Gasteiger partial charge in [-0.1, -0.05) is 11.6 Å². The summed E-state index contributed by atoms with van der Waals surface area (Å²) in [5.74, 6) is 1.27. The van der Waals surface area contributed by atoms with E-state index in [1.54, 1.807) is 7.11 Å². The molecule has 1 fully saturated rings. The van der Waals surface area contributed by atoms with Crippen LogP contribution < -0.4 is 14.8 Å². The quantitative estimate of drug-likeness (QED) is 0.831. The molecule has 1 aromatic carbocycles. The van der Waals surface area contributed by atoms with Gasteiger partial charge in [-0.25, -0.2) is 0 Å². The summed E-state index contributed by atoms with van der Waals surface area (Å²) in [5, 5.41) is 3.99. The number of hydrogen-bond acceptors (Lipinski definition) is 5. The molecule has 5 nitrogen and oxygen atoms in total. The zero-order chi connectivity index (χ0) is 15.9. The van der Waals surface area contributed by atoms with Gasteiger partial charge in [0.1, 0.15) is 0 Å². The van der Waals surface area contributed by atoms with Gasteiger partial charge in [0.25, 0.3) is 0 Å². The van der Waals surface area contributed by atoms with Crippen molar-refractivity contribution in [1.82, 2.24) is 10.2 Å². The largest absolute Gasteiger partial charge is 0.491 e. The van der Waals surface area contributed by atoms with E-state index in [0.29, 0.717) is 29.7 Å². The maximum Gasteiger partial charge on any atom is 0.179 e. The third-order valence-corrected chi connectivity index (χ3v) is 3.90. The molecule has 2 rings (SSSR count). The highest BCUT2D eigenvalue weighted by molar-refractivity contribution is 6.32. The maximum absolute atomic E-state index is 6.25. The van der Waals surface area contributed by atoms with Gasteiger partial charge in [0, 0.05) is 26.2 Å². The molecule has 0 bridgehead atoms. The Morgan fingerprint density at radius 2 is 2.27 bits per heavy atom. The van der Waals surface area contributed by atoms with Gasteiger partial charge < -0.3 is 24.4 Å². The topological polar surface area (TPSA) is 43.0 Å². The van der Waals surface area contributed by atoms with Crippen molar-refractivity contribution in [3.8, 4) is 11.5 Å². The summed E-state index contributed by atoms with van der Waals surface area (Å²) in [4.78, 5) is 2.29. The van der Waals surface area contributed by atoms with Crippen LogP contribution in [0.1, 0.15) is 12.5 Å². The molecule has 1 atom stereocenters. The monoisotopic (exact) mass is 328 g/mol. The number of halogens is 1. The average molecular weight is 329 g/mol. The van der Waals surface area contributed by atoms with E-state index in [-0.39, 0.29) is 6.10 Å². The summed E-state index contributed by atoms with van der Waals surface area (Å²) in [6.45, 7) is 6.81. The fraction of sp³-hybridized carbons (Fsp3) is 0.625. The lowest BCUT2D eigenvalue weighted by Crippen LogP contribution is -2.44. The summed E-state index contributed by atoms with van der Waals surface area (Å²) >= 11 is 6.25. The molecule has 0 aliphatic carbocycles. The van der Waals surface area contributed by atoms with Crippen molar-refractivity contribution in [2.75, 3.05) is 47.0 Å². The fourth-order valence-electron chi connectivity index (χ4n) is 2.55. The number of likely N-dealkylation sites (N-methyl/N-ethyl adjacent to an activating group) is 1. The van der Waals surface area contributed by atoms with Gasteiger partial charge in [-0.2, -0.15) is 0 Å². The summed E-state index contributed by atoms with van der Waals surface area (Å²) in [6.07, 6.45) is 0.235. The van der Waals surface area contributed by atoms with Gasteiger partial charge in [0.2, 0.25) is 0 Å². The molecule has 1 N–H and O–H groups in total. The molecule has 1 aliphatic heterocycles. The number of morpholine rings is 1. The minimum absolute atomic E-state index is 0.235. The second-order valence-corrected chi connectivity index (χ2v) is 5.84. The van der Waals surface area contributed by atoms with E-state index in [0.717, 1.165) is 31.8 Å². The third-order valence-electron chi connectivity index (χ3n) is 3.62. The number of methoxy groups -OCH3 is 1. The molecule has 1 aliphatic rings. The van der Waals surface area contributed by atoms with Crippen molar-refractivity contribution in [3.63, 3.8) is 0 Å². The van der Waals surface area contributed by atoms with E-state index >= 15 is 0 Å². The molecular formula is C16H25ClN2O3. The molecule has 6 heteroatoms. The van der Waals surface area contributed by atoms with E-state index in [2.05, 4.69) is 17.3 Å². The number of ether oxygens (including phenoxy) is 3. The van der Waals surface area contributed by atoms with E-state index in [4.69, 9.17) is 25.8 Å². The third kappa shape index (κ3) is 4.74. The average Bonchev–Trinajstić information content (AvgIpc) is 2.47. The molecule has 22 heavy (non-hydrogen) atoms. The molecule has 0 aromatic heterocycles. The molecule has 1 unspecified atom stereocenters. The molecule has 1 aromatic rings. The van der Waals surface area contributed by atoms with Gasteiger partial charge >= 0.3 is 0 Å². The van der Waals surface area contributed by atoms with E-state index in [1.165, 1.54) is 0 Å². The first kappa shape index (κ1) is 17.3. The highest BCUT2D eigenvalue weighted by Gasteiger charge is 2.17. The minimum Gasteiger partial charge on any atom is -0.491 e. The van der Waals surface area contributed by atoms with Crippen LogP contribution in [-0.4, -0.2) is 58.0 Å². The van der Waals surface area contributed by atoms with E-state index in [1.807, 2.05) is 19.1 Å². The lowest BCUT2D eigenvalue weighted by molar-refractivity contribution is -0.0182. The predicted octanol–water partition coefficient (Wildman–Crippen LogP) is 2.17. The van der Waals surface area contributed by atoms with Gasteiger partial charge in [0.15, 0.2) is 11.5 Å². The van der Waals surface area contributed by atoms with Crippen LogP contribution in [0.3, 0.4) is 0 Å². The fourth-order valence-corrected chi connectivity index (χ4v) is 2.86. The molecule has 0 amide bonds. The van der Waals surface area contributed by atoms with Crippen LogP contribution in [0, 0.1) is 0 Å². The van der Waals surface area contributed by atoms with Crippen molar-refractivity contribution in [2.45, 2.75) is 19.6 Å². The first-order valence-electron chi connectivity index (χ1n) is 7.64. The van der Waals surface area contributed by atoms with Gasteiger partial charge in [-0.3, -0.25) is 0 Å². The van der Waals surface area contributed by atoms with Crippen LogP contribution in [0.5, 0.6) is 11.5 Å². The normalized spacial score (nSPS) is 19.2. The highest BCUT2D eigenvalue weighted by atomic mass is 35.5.